The van der Waals surface area contributed by atoms with Gasteiger partial charge in [0.2, 0.25) is 0 Å². The molecule has 3 fully saturated rings. The first-order chi connectivity index (χ1) is 8.92. The van der Waals surface area contributed by atoms with Gasteiger partial charge in [0, 0.05) is 12.6 Å². The van der Waals surface area contributed by atoms with Crippen LogP contribution in [0.4, 0.5) is 0 Å². The second-order valence-electron chi connectivity index (χ2n) is 6.63. The van der Waals surface area contributed by atoms with E-state index < -0.39 is 0 Å². The van der Waals surface area contributed by atoms with Crippen LogP contribution in [0, 0.1) is 23.7 Å². The Hall–Kier alpha value is -0.820. The van der Waals surface area contributed by atoms with Gasteiger partial charge in [-0.3, -0.25) is 0 Å². The van der Waals surface area contributed by atoms with E-state index in [1.165, 1.54) is 37.7 Å². The highest BCUT2D eigenvalue weighted by Crippen LogP contribution is 2.58. The van der Waals surface area contributed by atoms with Gasteiger partial charge in [0.05, 0.1) is 0 Å². The van der Waals surface area contributed by atoms with Crippen LogP contribution in [0.2, 0.25) is 0 Å². The van der Waals surface area contributed by atoms with Gasteiger partial charge >= 0.3 is 0 Å². The molecule has 1 nitrogen and oxygen atoms in total. The van der Waals surface area contributed by atoms with E-state index in [1.54, 1.807) is 0 Å². The summed E-state index contributed by atoms with van der Waals surface area (Å²) in [6, 6.07) is 11.7. The molecule has 2 bridgehead atoms. The third kappa shape index (κ3) is 1.72. The Morgan fingerprint density at radius 1 is 0.944 bits per heavy atom. The maximum atomic E-state index is 3.84. The molecular formula is C17H23N. The number of hydrogen-bond acceptors (Lipinski definition) is 1. The van der Waals surface area contributed by atoms with Crippen LogP contribution in [0.5, 0.6) is 0 Å². The van der Waals surface area contributed by atoms with Gasteiger partial charge in [-0.2, -0.15) is 0 Å². The van der Waals surface area contributed by atoms with Crippen molar-refractivity contribution in [1.82, 2.24) is 5.32 Å². The third-order valence-electron chi connectivity index (χ3n) is 5.84. The highest BCUT2D eigenvalue weighted by molar-refractivity contribution is 5.15. The van der Waals surface area contributed by atoms with Crippen LogP contribution < -0.4 is 5.32 Å². The summed E-state index contributed by atoms with van der Waals surface area (Å²) < 4.78 is 0. The van der Waals surface area contributed by atoms with Crippen LogP contribution in [0.1, 0.15) is 37.7 Å². The van der Waals surface area contributed by atoms with E-state index in [0.29, 0.717) is 0 Å². The summed E-state index contributed by atoms with van der Waals surface area (Å²) >= 11 is 0. The zero-order valence-electron chi connectivity index (χ0n) is 11.0. The summed E-state index contributed by atoms with van der Waals surface area (Å²) in [6.07, 6.45) is 7.56. The Kier molecular flexibility index (Phi) is 2.69. The van der Waals surface area contributed by atoms with Crippen LogP contribution in [-0.2, 0) is 6.54 Å². The summed E-state index contributed by atoms with van der Waals surface area (Å²) in [5, 5.41) is 3.84. The van der Waals surface area contributed by atoms with E-state index in [4.69, 9.17) is 0 Å². The SMILES string of the molecule is c1ccc(CNC2CC3CC2C2CCCC32)cc1. The summed E-state index contributed by atoms with van der Waals surface area (Å²) in [5.74, 6) is 4.27. The van der Waals surface area contributed by atoms with Gasteiger partial charge in [-0.25, -0.2) is 0 Å². The molecule has 0 spiro atoms. The average Bonchev–Trinajstić information content (AvgIpc) is 3.09. The van der Waals surface area contributed by atoms with Crippen molar-refractivity contribution in [3.63, 3.8) is 0 Å². The van der Waals surface area contributed by atoms with Crippen LogP contribution in [0.25, 0.3) is 0 Å². The molecule has 4 rings (SSSR count). The second-order valence-corrected chi connectivity index (χ2v) is 6.63. The van der Waals surface area contributed by atoms with Crippen LogP contribution >= 0.6 is 0 Å². The molecule has 0 radical (unpaired) electrons. The van der Waals surface area contributed by atoms with E-state index in [9.17, 15) is 0 Å². The smallest absolute Gasteiger partial charge is 0.0208 e. The molecule has 3 aliphatic carbocycles. The van der Waals surface area contributed by atoms with E-state index >= 15 is 0 Å². The maximum absolute atomic E-state index is 3.84. The Balaban J connectivity index is 1.40. The lowest BCUT2D eigenvalue weighted by Gasteiger charge is -2.32. The fourth-order valence-electron chi connectivity index (χ4n) is 5.15. The van der Waals surface area contributed by atoms with Gasteiger partial charge in [0.15, 0.2) is 0 Å². The molecule has 96 valence electrons. The van der Waals surface area contributed by atoms with Gasteiger partial charge < -0.3 is 5.32 Å². The van der Waals surface area contributed by atoms with E-state index in [0.717, 1.165) is 36.3 Å². The van der Waals surface area contributed by atoms with Crippen molar-refractivity contribution in [3.8, 4) is 0 Å². The Morgan fingerprint density at radius 2 is 1.78 bits per heavy atom. The Bertz CT molecular complexity index is 413. The summed E-state index contributed by atoms with van der Waals surface area (Å²) in [6.45, 7) is 1.06. The molecule has 0 aromatic heterocycles. The summed E-state index contributed by atoms with van der Waals surface area (Å²) in [7, 11) is 0. The zero-order chi connectivity index (χ0) is 11.9. The summed E-state index contributed by atoms with van der Waals surface area (Å²) in [4.78, 5) is 0. The Labute approximate surface area is 110 Å². The predicted molar refractivity (Wildman–Crippen MR) is 74.1 cm³/mol. The first kappa shape index (κ1) is 11.0. The molecule has 1 N–H and O–H groups in total. The second kappa shape index (κ2) is 4.38. The van der Waals surface area contributed by atoms with Crippen LogP contribution in [0.3, 0.4) is 0 Å². The predicted octanol–water partition coefficient (Wildman–Crippen LogP) is 3.60. The van der Waals surface area contributed by atoms with Crippen molar-refractivity contribution in [2.24, 2.45) is 23.7 Å². The molecule has 0 heterocycles. The van der Waals surface area contributed by atoms with E-state index in [2.05, 4.69) is 35.6 Å². The lowest BCUT2D eigenvalue weighted by atomic mass is 9.79. The summed E-state index contributed by atoms with van der Waals surface area (Å²) in [5.41, 5.74) is 1.43. The zero-order valence-corrected chi connectivity index (χ0v) is 11.0. The molecule has 1 aromatic rings. The van der Waals surface area contributed by atoms with Gasteiger partial charge in [0.1, 0.15) is 0 Å². The van der Waals surface area contributed by atoms with Crippen LogP contribution in [0.15, 0.2) is 30.3 Å². The van der Waals surface area contributed by atoms with Crippen molar-refractivity contribution in [1.29, 1.82) is 0 Å². The van der Waals surface area contributed by atoms with Crippen molar-refractivity contribution >= 4 is 0 Å². The molecular weight excluding hydrogens is 218 g/mol. The average molecular weight is 241 g/mol. The van der Waals surface area contributed by atoms with Gasteiger partial charge in [0.25, 0.3) is 0 Å². The highest BCUT2D eigenvalue weighted by Gasteiger charge is 2.53. The molecule has 1 heteroatoms. The van der Waals surface area contributed by atoms with Gasteiger partial charge in [-0.15, -0.1) is 0 Å². The van der Waals surface area contributed by atoms with Gasteiger partial charge in [-0.05, 0) is 54.9 Å². The van der Waals surface area contributed by atoms with E-state index in [-0.39, 0.29) is 0 Å². The Morgan fingerprint density at radius 3 is 2.67 bits per heavy atom. The number of benzene rings is 1. The van der Waals surface area contributed by atoms with Crippen LogP contribution in [-0.4, -0.2) is 6.04 Å². The molecule has 5 unspecified atom stereocenters. The standard InChI is InChI=1S/C17H23N/c1-2-5-12(6-3-1)11-18-17-10-13-9-16(17)15-8-4-7-14(13)15/h1-3,5-6,13-18H,4,7-11H2. The number of hydrogen-bond donors (Lipinski definition) is 1. The monoisotopic (exact) mass is 241 g/mol. The lowest BCUT2D eigenvalue weighted by molar-refractivity contribution is 0.208. The topological polar surface area (TPSA) is 12.0 Å². The van der Waals surface area contributed by atoms with Crippen molar-refractivity contribution in [2.75, 3.05) is 0 Å². The largest absolute Gasteiger partial charge is 0.310 e. The molecule has 0 aliphatic heterocycles. The van der Waals surface area contributed by atoms with E-state index in [1.807, 2.05) is 0 Å². The number of rotatable bonds is 3. The molecule has 18 heavy (non-hydrogen) atoms. The minimum atomic E-state index is 0.814. The third-order valence-corrected chi connectivity index (χ3v) is 5.84. The molecule has 0 saturated heterocycles. The first-order valence-electron chi connectivity index (χ1n) is 7.69. The van der Waals surface area contributed by atoms with Crippen molar-refractivity contribution < 1.29 is 0 Å². The molecule has 3 aliphatic rings. The molecule has 3 saturated carbocycles. The quantitative estimate of drug-likeness (QED) is 0.852. The molecule has 1 aromatic carbocycles. The van der Waals surface area contributed by atoms with Gasteiger partial charge in [-0.1, -0.05) is 36.8 Å². The minimum Gasteiger partial charge on any atom is -0.310 e. The lowest BCUT2D eigenvalue weighted by Crippen LogP contribution is -2.38. The number of nitrogens with one attached hydrogen (secondary N) is 1. The normalized spacial score (nSPS) is 41.2. The first-order valence-corrected chi connectivity index (χ1v) is 7.69. The molecule has 0 amide bonds. The number of fused-ring (bicyclic) bond motifs is 5. The fraction of sp³-hybridized carbons (Fsp3) is 0.647. The highest BCUT2D eigenvalue weighted by atomic mass is 14.9. The van der Waals surface area contributed by atoms with Crippen molar-refractivity contribution in [3.05, 3.63) is 35.9 Å². The molecule has 5 atom stereocenters. The maximum Gasteiger partial charge on any atom is 0.0208 e. The van der Waals surface area contributed by atoms with Crippen molar-refractivity contribution in [2.45, 2.75) is 44.7 Å². The fourth-order valence-corrected chi connectivity index (χ4v) is 5.15. The minimum absolute atomic E-state index is 0.814.